The Labute approximate surface area is 112 Å². The van der Waals surface area contributed by atoms with Crippen LogP contribution in [-0.4, -0.2) is 33.4 Å². The number of hydrogen-bond donors (Lipinski definition) is 1. The molecule has 102 valence electrons. The van der Waals surface area contributed by atoms with Crippen LogP contribution in [0, 0.1) is 6.92 Å². The Morgan fingerprint density at radius 2 is 2.21 bits per heavy atom. The third-order valence-corrected chi connectivity index (χ3v) is 2.92. The second-order valence-corrected chi connectivity index (χ2v) is 4.35. The summed E-state index contributed by atoms with van der Waals surface area (Å²) >= 11 is 0. The van der Waals surface area contributed by atoms with Crippen LogP contribution in [0.15, 0.2) is 18.2 Å². The number of hydrogen-bond acceptors (Lipinski definition) is 5. The first-order valence-corrected chi connectivity index (χ1v) is 6.42. The summed E-state index contributed by atoms with van der Waals surface area (Å²) in [6.07, 6.45) is 0.889. The Balaban J connectivity index is 2.12. The minimum atomic E-state index is 0.719. The Morgan fingerprint density at radius 1 is 1.37 bits per heavy atom. The van der Waals surface area contributed by atoms with Gasteiger partial charge in [-0.15, -0.1) is 5.10 Å². The molecule has 1 aromatic carbocycles. The molecule has 6 nitrogen and oxygen atoms in total. The largest absolute Gasteiger partial charge is 0.399 e. The lowest BCUT2D eigenvalue weighted by Gasteiger charge is -2.06. The molecule has 0 bridgehead atoms. The SMILES string of the molecule is CCOCCCn1nnnc1-c1ccc(N)c(C)c1. The van der Waals surface area contributed by atoms with Crippen LogP contribution in [0.2, 0.25) is 0 Å². The molecule has 2 N–H and O–H groups in total. The number of aromatic nitrogens is 4. The number of rotatable bonds is 6. The maximum Gasteiger partial charge on any atom is 0.182 e. The van der Waals surface area contributed by atoms with Gasteiger partial charge in [-0.25, -0.2) is 4.68 Å². The highest BCUT2D eigenvalue weighted by atomic mass is 16.5. The van der Waals surface area contributed by atoms with Gasteiger partial charge in [0.15, 0.2) is 5.82 Å². The van der Waals surface area contributed by atoms with Crippen molar-refractivity contribution in [2.24, 2.45) is 0 Å². The number of tetrazole rings is 1. The second-order valence-electron chi connectivity index (χ2n) is 4.35. The van der Waals surface area contributed by atoms with Gasteiger partial charge in [-0.1, -0.05) is 0 Å². The van der Waals surface area contributed by atoms with Crippen LogP contribution in [0.1, 0.15) is 18.9 Å². The van der Waals surface area contributed by atoms with Gasteiger partial charge in [-0.2, -0.15) is 0 Å². The fourth-order valence-electron chi connectivity index (χ4n) is 1.84. The molecule has 2 aromatic rings. The van der Waals surface area contributed by atoms with Gasteiger partial charge < -0.3 is 10.5 Å². The number of nitrogens with zero attached hydrogens (tertiary/aromatic N) is 4. The highest BCUT2D eigenvalue weighted by molar-refractivity contribution is 5.61. The first kappa shape index (κ1) is 13.5. The third-order valence-electron chi connectivity index (χ3n) is 2.92. The number of nitrogen functional groups attached to an aromatic ring is 1. The van der Waals surface area contributed by atoms with Crippen molar-refractivity contribution >= 4 is 5.69 Å². The minimum absolute atomic E-state index is 0.719. The standard InChI is InChI=1S/C13H19N5O/c1-3-19-8-4-7-18-13(15-16-17-18)11-5-6-12(14)10(2)9-11/h5-6,9H,3-4,7-8,14H2,1-2H3. The van der Waals surface area contributed by atoms with Crippen molar-refractivity contribution < 1.29 is 4.74 Å². The van der Waals surface area contributed by atoms with Crippen LogP contribution < -0.4 is 5.73 Å². The van der Waals surface area contributed by atoms with E-state index in [0.717, 1.165) is 48.8 Å². The zero-order chi connectivity index (χ0) is 13.7. The number of aryl methyl sites for hydroxylation is 2. The molecule has 1 aromatic heterocycles. The minimum Gasteiger partial charge on any atom is -0.399 e. The Morgan fingerprint density at radius 3 is 2.95 bits per heavy atom. The highest BCUT2D eigenvalue weighted by Crippen LogP contribution is 2.21. The summed E-state index contributed by atoms with van der Waals surface area (Å²) in [5.41, 5.74) is 8.60. The van der Waals surface area contributed by atoms with Gasteiger partial charge in [0, 0.05) is 31.0 Å². The summed E-state index contributed by atoms with van der Waals surface area (Å²) in [6.45, 7) is 6.16. The molecule has 0 atom stereocenters. The first-order valence-electron chi connectivity index (χ1n) is 6.42. The van der Waals surface area contributed by atoms with Crippen LogP contribution in [0.5, 0.6) is 0 Å². The second kappa shape index (κ2) is 6.29. The maximum atomic E-state index is 5.82. The molecule has 0 spiro atoms. The Kier molecular flexibility index (Phi) is 4.46. The average molecular weight is 261 g/mol. The first-order chi connectivity index (χ1) is 9.22. The van der Waals surface area contributed by atoms with Crippen LogP contribution in [0.3, 0.4) is 0 Å². The zero-order valence-corrected chi connectivity index (χ0v) is 11.3. The predicted molar refractivity (Wildman–Crippen MR) is 73.5 cm³/mol. The van der Waals surface area contributed by atoms with Gasteiger partial charge >= 0.3 is 0 Å². The van der Waals surface area contributed by atoms with Crippen LogP contribution in [-0.2, 0) is 11.3 Å². The van der Waals surface area contributed by atoms with Crippen molar-refractivity contribution in [3.8, 4) is 11.4 Å². The van der Waals surface area contributed by atoms with Gasteiger partial charge in [-0.05, 0) is 54.5 Å². The van der Waals surface area contributed by atoms with E-state index in [9.17, 15) is 0 Å². The summed E-state index contributed by atoms with van der Waals surface area (Å²) < 4.78 is 7.11. The average Bonchev–Trinajstić information content (AvgIpc) is 2.86. The molecule has 0 saturated heterocycles. The van der Waals surface area contributed by atoms with Gasteiger partial charge in [-0.3, -0.25) is 0 Å². The predicted octanol–water partition coefficient (Wildman–Crippen LogP) is 1.66. The fraction of sp³-hybridized carbons (Fsp3) is 0.462. The molecule has 0 aliphatic rings. The van der Waals surface area contributed by atoms with E-state index in [1.807, 2.05) is 32.0 Å². The normalized spacial score (nSPS) is 10.8. The molecule has 19 heavy (non-hydrogen) atoms. The summed E-state index contributed by atoms with van der Waals surface area (Å²) in [5.74, 6) is 0.764. The van der Waals surface area contributed by atoms with Gasteiger partial charge in [0.2, 0.25) is 0 Å². The summed E-state index contributed by atoms with van der Waals surface area (Å²) in [5, 5.41) is 11.8. The van der Waals surface area contributed by atoms with E-state index in [2.05, 4.69) is 15.5 Å². The monoisotopic (exact) mass is 261 g/mol. The summed E-state index contributed by atoms with van der Waals surface area (Å²) in [7, 11) is 0. The Bertz CT molecular complexity index is 538. The molecule has 0 amide bonds. The topological polar surface area (TPSA) is 78.8 Å². The molecule has 0 aliphatic carbocycles. The zero-order valence-electron chi connectivity index (χ0n) is 11.3. The van der Waals surface area contributed by atoms with Crippen molar-refractivity contribution in [3.05, 3.63) is 23.8 Å². The molecular formula is C13H19N5O. The lowest BCUT2D eigenvalue weighted by atomic mass is 10.1. The number of anilines is 1. The van der Waals surface area contributed by atoms with E-state index >= 15 is 0 Å². The maximum absolute atomic E-state index is 5.82. The quantitative estimate of drug-likeness (QED) is 0.632. The van der Waals surface area contributed by atoms with Crippen molar-refractivity contribution in [1.82, 2.24) is 20.2 Å². The third kappa shape index (κ3) is 3.29. The number of nitrogens with two attached hydrogens (primary N) is 1. The smallest absolute Gasteiger partial charge is 0.182 e. The van der Waals surface area contributed by atoms with E-state index in [4.69, 9.17) is 10.5 Å². The van der Waals surface area contributed by atoms with Gasteiger partial charge in [0.05, 0.1) is 0 Å². The molecule has 0 fully saturated rings. The fourth-order valence-corrected chi connectivity index (χ4v) is 1.84. The van der Waals surface area contributed by atoms with Crippen molar-refractivity contribution in [3.63, 3.8) is 0 Å². The number of ether oxygens (including phenoxy) is 1. The molecule has 2 rings (SSSR count). The van der Waals surface area contributed by atoms with Crippen LogP contribution in [0.4, 0.5) is 5.69 Å². The molecule has 0 aliphatic heterocycles. The summed E-state index contributed by atoms with van der Waals surface area (Å²) in [6, 6.07) is 5.82. The van der Waals surface area contributed by atoms with Gasteiger partial charge in [0.1, 0.15) is 0 Å². The summed E-state index contributed by atoms with van der Waals surface area (Å²) in [4.78, 5) is 0. The van der Waals surface area contributed by atoms with Crippen molar-refractivity contribution in [2.45, 2.75) is 26.8 Å². The van der Waals surface area contributed by atoms with E-state index in [1.165, 1.54) is 0 Å². The molecule has 0 saturated carbocycles. The van der Waals surface area contributed by atoms with Gasteiger partial charge in [0.25, 0.3) is 0 Å². The molecule has 6 heteroatoms. The van der Waals surface area contributed by atoms with E-state index in [0.29, 0.717) is 0 Å². The lowest BCUT2D eigenvalue weighted by molar-refractivity contribution is 0.140. The van der Waals surface area contributed by atoms with Crippen LogP contribution in [0.25, 0.3) is 11.4 Å². The molecule has 0 unspecified atom stereocenters. The number of benzene rings is 1. The van der Waals surface area contributed by atoms with Crippen molar-refractivity contribution in [1.29, 1.82) is 0 Å². The Hall–Kier alpha value is -1.95. The van der Waals surface area contributed by atoms with Crippen molar-refractivity contribution in [2.75, 3.05) is 18.9 Å². The van der Waals surface area contributed by atoms with E-state index < -0.39 is 0 Å². The molecule has 0 radical (unpaired) electrons. The lowest BCUT2D eigenvalue weighted by Crippen LogP contribution is -2.06. The van der Waals surface area contributed by atoms with Crippen LogP contribution >= 0.6 is 0 Å². The molecular weight excluding hydrogens is 242 g/mol. The highest BCUT2D eigenvalue weighted by Gasteiger charge is 2.09. The molecule has 1 heterocycles. The van der Waals surface area contributed by atoms with E-state index in [-0.39, 0.29) is 0 Å². The van der Waals surface area contributed by atoms with E-state index in [1.54, 1.807) is 4.68 Å².